The van der Waals surface area contributed by atoms with Crippen molar-refractivity contribution < 1.29 is 86.5 Å². The van der Waals surface area contributed by atoms with Crippen molar-refractivity contribution in [3.8, 4) is 0 Å². The van der Waals surface area contributed by atoms with Gasteiger partial charge in [-0.1, -0.05) is 129 Å². The van der Waals surface area contributed by atoms with Crippen LogP contribution in [0.2, 0.25) is 0 Å². The van der Waals surface area contributed by atoms with E-state index in [1.54, 1.807) is 120 Å². The third-order valence-corrected chi connectivity index (χ3v) is 21.2. The van der Waals surface area contributed by atoms with Crippen molar-refractivity contribution >= 4 is 75.1 Å². The van der Waals surface area contributed by atoms with Crippen molar-refractivity contribution in [1.82, 2.24) is 10.6 Å². The van der Waals surface area contributed by atoms with Crippen LogP contribution in [0, 0.1) is 23.2 Å². The second kappa shape index (κ2) is 26.3. The second-order valence-electron chi connectivity index (χ2n) is 25.4. The number of amides is 3. The van der Waals surface area contributed by atoms with E-state index in [9.17, 15) is 43.8 Å². The number of carbonyl (C=O) groups excluding carboxylic acids is 9. The van der Waals surface area contributed by atoms with Crippen LogP contribution in [0.5, 0.6) is 0 Å². The Hall–Kier alpha value is -6.85. The number of carbonyl (C=O) groups is 9. The minimum absolute atomic E-state index is 0.0389. The van der Waals surface area contributed by atoms with Gasteiger partial charge in [0.1, 0.15) is 35.6 Å². The molecule has 0 aromatic heterocycles. The number of ketones is 1. The molecular weight excluding hydrogens is 1170 g/mol. The normalized spacial score (nSPS) is 27.9. The largest absolute Gasteiger partial charge is 0.455 e. The Morgan fingerprint density at radius 3 is 2.18 bits per heavy atom. The highest BCUT2D eigenvalue weighted by Crippen LogP contribution is 2.70. The van der Waals surface area contributed by atoms with Crippen LogP contribution in [-0.4, -0.2) is 129 Å². The summed E-state index contributed by atoms with van der Waals surface area (Å²) >= 11 is 0. The first kappa shape index (κ1) is 67.1. The number of ether oxygens (including phenoxy) is 7. The number of aliphatic hydroxyl groups excluding tert-OH is 1. The zero-order valence-corrected chi connectivity index (χ0v) is 53.4. The maximum absolute atomic E-state index is 16.3. The van der Waals surface area contributed by atoms with E-state index in [-0.39, 0.29) is 65.2 Å². The standard InChI is InChI=1S/C66H80N2O18S2/c1-13-49(72)82-53-51-38(4)44(34-65(79,62(51,9)10)59(84-57(76)43-27-19-21-36(2)31-43)64(12)63(11,55(53)74)46(70)33-47-66(64,35-80-47)85-39(5)69)81-58(77)54(52(40-22-15-14-16-23-40)68-60(78)86-61(6,7)8)83-50(73)32-42-24-17-18-28-45(42)88-87-37(3)29-30-48(71)67-56(75)41-25-20-26-41/h14-19,21-25,27-28,31,37,44,46-47,52-54,59,70,79H,13,20,26,29-30,32-35H2,1-12H3,(H,68,78)(H,67,71,75)/t37?,44-,46-,47+,52-,53+,54+,59-,63-,64-,65+,66-/m0/s1. The molecule has 5 aliphatic rings. The minimum Gasteiger partial charge on any atom is -0.455 e. The van der Waals surface area contributed by atoms with Gasteiger partial charge < -0.3 is 48.7 Å². The predicted octanol–water partition coefficient (Wildman–Crippen LogP) is 8.98. The summed E-state index contributed by atoms with van der Waals surface area (Å²) in [6, 6.07) is 20.1. The van der Waals surface area contributed by atoms with Crippen LogP contribution in [-0.2, 0) is 73.1 Å². The molecule has 3 aromatic rings. The van der Waals surface area contributed by atoms with Crippen LogP contribution in [0.4, 0.5) is 4.79 Å². The molecule has 3 amide bonds. The number of fused-ring (bicyclic) bond motifs is 5. The van der Waals surface area contributed by atoms with Crippen molar-refractivity contribution in [3.63, 3.8) is 0 Å². The van der Waals surface area contributed by atoms with Gasteiger partial charge in [0.15, 0.2) is 17.5 Å². The molecule has 1 saturated heterocycles. The molecule has 20 nitrogen and oxygen atoms in total. The van der Waals surface area contributed by atoms with Gasteiger partial charge in [0, 0.05) is 53.7 Å². The molecule has 4 aliphatic carbocycles. The van der Waals surface area contributed by atoms with E-state index >= 15 is 9.59 Å². The number of imide groups is 1. The Kier molecular flexibility index (Phi) is 20.1. The topological polar surface area (TPSA) is 283 Å². The quantitative estimate of drug-likeness (QED) is 0.0355. The van der Waals surface area contributed by atoms with Gasteiger partial charge in [0.25, 0.3) is 5.91 Å². The van der Waals surface area contributed by atoms with Gasteiger partial charge in [-0.25, -0.2) is 14.4 Å². The molecule has 88 heavy (non-hydrogen) atoms. The Labute approximate surface area is 520 Å². The lowest BCUT2D eigenvalue weighted by Crippen LogP contribution is -2.86. The number of aliphatic hydroxyl groups is 2. The number of hydrogen-bond donors (Lipinski definition) is 4. The lowest BCUT2D eigenvalue weighted by molar-refractivity contribution is -0.380. The number of rotatable bonds is 20. The summed E-state index contributed by atoms with van der Waals surface area (Å²) in [5, 5.41) is 32.0. The van der Waals surface area contributed by atoms with Gasteiger partial charge in [-0.2, -0.15) is 0 Å². The van der Waals surface area contributed by atoms with Crippen LogP contribution >= 0.6 is 21.6 Å². The first-order valence-electron chi connectivity index (χ1n) is 29.6. The maximum Gasteiger partial charge on any atom is 0.408 e. The van der Waals surface area contributed by atoms with E-state index in [0.29, 0.717) is 34.4 Å². The van der Waals surface area contributed by atoms with Crippen molar-refractivity contribution in [2.75, 3.05) is 6.61 Å². The summed E-state index contributed by atoms with van der Waals surface area (Å²) in [7, 11) is 2.80. The number of hydrogen-bond acceptors (Lipinski definition) is 20. The zero-order valence-electron chi connectivity index (χ0n) is 51.8. The van der Waals surface area contributed by atoms with Gasteiger partial charge in [0.2, 0.25) is 12.0 Å². The number of allylic oxidation sites excluding steroid dienone is 1. The van der Waals surface area contributed by atoms with E-state index in [0.717, 1.165) is 13.3 Å². The Morgan fingerprint density at radius 1 is 0.886 bits per heavy atom. The van der Waals surface area contributed by atoms with Gasteiger partial charge in [-0.3, -0.25) is 34.1 Å². The summed E-state index contributed by atoms with van der Waals surface area (Å²) < 4.78 is 43.7. The lowest BCUT2D eigenvalue weighted by Gasteiger charge is -2.72. The van der Waals surface area contributed by atoms with Crippen molar-refractivity contribution in [2.45, 2.75) is 204 Å². The highest BCUT2D eigenvalue weighted by Gasteiger charge is 2.84. The van der Waals surface area contributed by atoms with Gasteiger partial charge in [-0.15, -0.1) is 0 Å². The monoisotopic (exact) mass is 1250 g/mol. The number of Topliss-reactive ketones (excluding diaryl/α,β-unsaturated/α-hetero) is 1. The molecule has 2 saturated carbocycles. The molecule has 1 heterocycles. The van der Waals surface area contributed by atoms with E-state index in [1.165, 1.54) is 55.3 Å². The summed E-state index contributed by atoms with van der Waals surface area (Å²) in [6.45, 7) is 18.4. The molecule has 1 aliphatic heterocycles. The third kappa shape index (κ3) is 13.1. The Bertz CT molecular complexity index is 3300. The molecule has 3 fully saturated rings. The van der Waals surface area contributed by atoms with Crippen LogP contribution in [0.15, 0.2) is 107 Å². The molecule has 1 unspecified atom stereocenters. The van der Waals surface area contributed by atoms with E-state index in [4.69, 9.17) is 33.2 Å². The van der Waals surface area contributed by atoms with Gasteiger partial charge >= 0.3 is 35.9 Å². The number of nitrogens with one attached hydrogen (secondary N) is 2. The van der Waals surface area contributed by atoms with E-state index in [2.05, 4.69) is 10.6 Å². The van der Waals surface area contributed by atoms with Crippen molar-refractivity contribution in [1.29, 1.82) is 0 Å². The van der Waals surface area contributed by atoms with Crippen LogP contribution in [0.25, 0.3) is 0 Å². The lowest BCUT2D eigenvalue weighted by atomic mass is 9.38. The molecule has 12 atom stereocenters. The molecule has 8 rings (SSSR count). The van der Waals surface area contributed by atoms with Gasteiger partial charge in [0.05, 0.1) is 35.5 Å². The molecule has 3 aromatic carbocycles. The van der Waals surface area contributed by atoms with Crippen molar-refractivity contribution in [2.24, 2.45) is 16.2 Å². The number of benzene rings is 3. The van der Waals surface area contributed by atoms with E-state index < -0.39 is 130 Å². The molecule has 474 valence electrons. The highest BCUT2D eigenvalue weighted by atomic mass is 33.1. The number of alkyl carbamates (subject to hydrolysis) is 1. The van der Waals surface area contributed by atoms with E-state index in [1.807, 2.05) is 6.92 Å². The zero-order chi connectivity index (χ0) is 64.5. The Balaban J connectivity index is 1.22. The van der Waals surface area contributed by atoms with Crippen LogP contribution < -0.4 is 10.6 Å². The first-order chi connectivity index (χ1) is 41.3. The first-order valence-corrected chi connectivity index (χ1v) is 31.9. The second-order valence-corrected chi connectivity index (χ2v) is 28.0. The molecule has 0 spiro atoms. The minimum atomic E-state index is -2.56. The molecule has 0 radical (unpaired) electrons. The molecule has 2 bridgehead atoms. The summed E-state index contributed by atoms with van der Waals surface area (Å²) in [4.78, 5) is 129. The fraction of sp³-hybridized carbons (Fsp3) is 0.530. The van der Waals surface area contributed by atoms with Crippen LogP contribution in [0.3, 0.4) is 0 Å². The van der Waals surface area contributed by atoms with Crippen molar-refractivity contribution in [3.05, 3.63) is 124 Å². The molecule has 4 N–H and O–H groups in total. The third-order valence-electron chi connectivity index (χ3n) is 18.2. The van der Waals surface area contributed by atoms with Crippen LogP contribution in [0.1, 0.15) is 154 Å². The average Bonchev–Trinajstić information content (AvgIpc) is 0.656. The van der Waals surface area contributed by atoms with Gasteiger partial charge in [-0.05, 0) is 101 Å². The fourth-order valence-electron chi connectivity index (χ4n) is 13.0. The summed E-state index contributed by atoms with van der Waals surface area (Å²) in [5.74, 6) is -6.54. The Morgan fingerprint density at radius 2 is 1.57 bits per heavy atom. The summed E-state index contributed by atoms with van der Waals surface area (Å²) in [5.41, 5.74) is -9.60. The number of esters is 5. The fourth-order valence-corrected chi connectivity index (χ4v) is 15.4. The number of aryl methyl sites for hydroxylation is 1. The highest BCUT2D eigenvalue weighted by molar-refractivity contribution is 8.77. The summed E-state index contributed by atoms with van der Waals surface area (Å²) in [6.07, 6.45) is -9.20. The smallest absolute Gasteiger partial charge is 0.408 e. The average molecular weight is 1250 g/mol. The SMILES string of the molecule is CCC(=O)O[C@H]1C(=O)[C@]2(C)[C@@H](O)C[C@H]3OC[C@@]3(OC(C)=O)[C@@]2(C)[C@H](OC(=O)c2cccc(C)c2)[C@]2(O)C[C@H](OC(=O)[C@H](OC(=O)Cc3ccccc3SSC(C)CCC(=O)NC(=O)C3=CCC3)[C@@H](NC(=O)OC(C)(C)C)c3ccccc3)C(C)=C1C2(C)C. The molecule has 22 heteroatoms. The molecular formula is C66H80N2O18S2. The predicted molar refractivity (Wildman–Crippen MR) is 324 cm³/mol. The maximum atomic E-state index is 16.3.